The molecule has 2 heterocycles. The molecule has 4 rings (SSSR count). The zero-order valence-corrected chi connectivity index (χ0v) is 17.4. The highest BCUT2D eigenvalue weighted by Gasteiger charge is 2.48. The van der Waals surface area contributed by atoms with E-state index >= 15 is 0 Å². The number of piperidine rings is 2. The molecule has 0 aliphatic carbocycles. The molecule has 29 heavy (non-hydrogen) atoms. The summed E-state index contributed by atoms with van der Waals surface area (Å²) in [5, 5.41) is 11.5. The number of hydrogen-bond acceptors (Lipinski definition) is 3. The average molecular weight is 394 g/mol. The number of nitrogens with zero attached hydrogens (tertiary/aromatic N) is 1. The van der Waals surface area contributed by atoms with E-state index in [-0.39, 0.29) is 24.8 Å². The van der Waals surface area contributed by atoms with Crippen LogP contribution in [0.4, 0.5) is 4.79 Å². The van der Waals surface area contributed by atoms with Crippen molar-refractivity contribution < 1.29 is 14.6 Å². The SMILES string of the molecule is CC(C)c1ccc(C2(O)CC3CCCC(C2)N3C(=O)OCc2ccccc2)cc1. The molecule has 2 atom stereocenters. The molecular weight excluding hydrogens is 362 g/mol. The van der Waals surface area contributed by atoms with Crippen molar-refractivity contribution in [3.05, 3.63) is 71.3 Å². The van der Waals surface area contributed by atoms with E-state index in [9.17, 15) is 9.90 Å². The highest BCUT2D eigenvalue weighted by molar-refractivity contribution is 5.69. The van der Waals surface area contributed by atoms with Crippen molar-refractivity contribution in [3.63, 3.8) is 0 Å². The lowest BCUT2D eigenvalue weighted by Crippen LogP contribution is -2.58. The third-order valence-corrected chi connectivity index (χ3v) is 6.54. The van der Waals surface area contributed by atoms with E-state index < -0.39 is 5.60 Å². The second-order valence-electron chi connectivity index (χ2n) is 8.90. The van der Waals surface area contributed by atoms with Gasteiger partial charge in [0.05, 0.1) is 5.60 Å². The van der Waals surface area contributed by atoms with Gasteiger partial charge in [0.2, 0.25) is 0 Å². The van der Waals surface area contributed by atoms with Crippen molar-refractivity contribution in [3.8, 4) is 0 Å². The third-order valence-electron chi connectivity index (χ3n) is 6.54. The lowest BCUT2D eigenvalue weighted by molar-refractivity contribution is -0.0896. The Bertz CT molecular complexity index is 817. The largest absolute Gasteiger partial charge is 0.445 e. The summed E-state index contributed by atoms with van der Waals surface area (Å²) in [6.45, 7) is 4.64. The van der Waals surface area contributed by atoms with Gasteiger partial charge < -0.3 is 14.7 Å². The van der Waals surface area contributed by atoms with Crippen LogP contribution in [0, 0.1) is 0 Å². The van der Waals surface area contributed by atoms with Crippen LogP contribution < -0.4 is 0 Å². The molecule has 2 aliphatic rings. The molecule has 154 valence electrons. The van der Waals surface area contributed by atoms with Gasteiger partial charge in [0.1, 0.15) is 6.61 Å². The van der Waals surface area contributed by atoms with Gasteiger partial charge in [0, 0.05) is 24.9 Å². The van der Waals surface area contributed by atoms with Crippen molar-refractivity contribution in [1.82, 2.24) is 4.90 Å². The summed E-state index contributed by atoms with van der Waals surface area (Å²) in [5.41, 5.74) is 2.36. The topological polar surface area (TPSA) is 49.8 Å². The molecule has 2 fully saturated rings. The van der Waals surface area contributed by atoms with Crippen LogP contribution in [-0.4, -0.2) is 28.2 Å². The average Bonchev–Trinajstić information content (AvgIpc) is 2.72. The van der Waals surface area contributed by atoms with Crippen molar-refractivity contribution in [1.29, 1.82) is 0 Å². The lowest BCUT2D eigenvalue weighted by atomic mass is 9.72. The van der Waals surface area contributed by atoms with Gasteiger partial charge in [-0.25, -0.2) is 4.79 Å². The van der Waals surface area contributed by atoms with Gasteiger partial charge in [-0.3, -0.25) is 0 Å². The number of carbonyl (C=O) groups excluding carboxylic acids is 1. The standard InChI is InChI=1S/C25H31NO3/c1-18(2)20-11-13-21(14-12-20)25(28)15-22-9-6-10-23(16-25)26(22)24(27)29-17-19-7-4-3-5-8-19/h3-5,7-8,11-14,18,22-23,28H,6,9-10,15-17H2,1-2H3. The fourth-order valence-electron chi connectivity index (χ4n) is 4.94. The molecule has 2 bridgehead atoms. The summed E-state index contributed by atoms with van der Waals surface area (Å²) in [6, 6.07) is 18.2. The van der Waals surface area contributed by atoms with Crippen molar-refractivity contribution >= 4 is 6.09 Å². The molecule has 2 aromatic rings. The van der Waals surface area contributed by atoms with E-state index in [1.54, 1.807) is 0 Å². The van der Waals surface area contributed by atoms with Crippen molar-refractivity contribution in [2.75, 3.05) is 0 Å². The maximum atomic E-state index is 12.9. The number of fused-ring (bicyclic) bond motifs is 2. The van der Waals surface area contributed by atoms with Crippen LogP contribution in [0.1, 0.15) is 68.6 Å². The van der Waals surface area contributed by atoms with Gasteiger partial charge in [0.25, 0.3) is 0 Å². The minimum absolute atomic E-state index is 0.0283. The van der Waals surface area contributed by atoms with Crippen molar-refractivity contribution in [2.45, 2.75) is 76.2 Å². The number of rotatable bonds is 4. The summed E-state index contributed by atoms with van der Waals surface area (Å²) in [5.74, 6) is 0.472. The molecule has 0 aromatic heterocycles. The highest BCUT2D eigenvalue weighted by atomic mass is 16.6. The second-order valence-corrected chi connectivity index (χ2v) is 8.90. The fourth-order valence-corrected chi connectivity index (χ4v) is 4.94. The zero-order valence-electron chi connectivity index (χ0n) is 17.4. The Balaban J connectivity index is 1.47. The van der Waals surface area contributed by atoms with Gasteiger partial charge >= 0.3 is 6.09 Å². The maximum Gasteiger partial charge on any atom is 0.410 e. The maximum absolute atomic E-state index is 12.9. The van der Waals surface area contributed by atoms with E-state index in [2.05, 4.69) is 38.1 Å². The Labute approximate surface area is 173 Å². The van der Waals surface area contributed by atoms with E-state index in [1.807, 2.05) is 35.2 Å². The Hall–Kier alpha value is -2.33. The van der Waals surface area contributed by atoms with Crippen LogP contribution in [0.5, 0.6) is 0 Å². The van der Waals surface area contributed by atoms with E-state index in [4.69, 9.17) is 4.74 Å². The van der Waals surface area contributed by atoms with Gasteiger partial charge in [-0.15, -0.1) is 0 Å². The molecule has 0 saturated carbocycles. The molecule has 1 amide bonds. The third kappa shape index (κ3) is 4.18. The van der Waals surface area contributed by atoms with Crippen LogP contribution >= 0.6 is 0 Å². The fraction of sp³-hybridized carbons (Fsp3) is 0.480. The highest BCUT2D eigenvalue weighted by Crippen LogP contribution is 2.44. The molecule has 4 heteroatoms. The Morgan fingerprint density at radius 1 is 1.07 bits per heavy atom. The number of amides is 1. The molecule has 4 nitrogen and oxygen atoms in total. The van der Waals surface area contributed by atoms with E-state index in [0.717, 1.165) is 30.4 Å². The normalized spacial score (nSPS) is 26.4. The molecule has 2 saturated heterocycles. The van der Waals surface area contributed by atoms with Crippen LogP contribution in [0.15, 0.2) is 54.6 Å². The van der Waals surface area contributed by atoms with Gasteiger partial charge in [-0.05, 0) is 41.9 Å². The Kier molecular flexibility index (Phi) is 5.64. The van der Waals surface area contributed by atoms with Gasteiger partial charge in [0.15, 0.2) is 0 Å². The minimum atomic E-state index is -0.874. The number of carbonyl (C=O) groups is 1. The summed E-state index contributed by atoms with van der Waals surface area (Å²) < 4.78 is 5.63. The quantitative estimate of drug-likeness (QED) is 0.762. The lowest BCUT2D eigenvalue weighted by Gasteiger charge is -2.51. The first-order valence-corrected chi connectivity index (χ1v) is 10.8. The van der Waals surface area contributed by atoms with Crippen LogP contribution in [0.3, 0.4) is 0 Å². The summed E-state index contributed by atoms with van der Waals surface area (Å²) >= 11 is 0. The van der Waals surface area contributed by atoms with Crippen molar-refractivity contribution in [2.24, 2.45) is 0 Å². The van der Waals surface area contributed by atoms with E-state index in [1.165, 1.54) is 5.56 Å². The molecule has 1 N–H and O–H groups in total. The summed E-state index contributed by atoms with van der Waals surface area (Å²) in [7, 11) is 0. The number of ether oxygens (including phenoxy) is 1. The Morgan fingerprint density at radius 3 is 2.28 bits per heavy atom. The van der Waals surface area contributed by atoms with Crippen LogP contribution in [0.25, 0.3) is 0 Å². The predicted molar refractivity (Wildman–Crippen MR) is 114 cm³/mol. The minimum Gasteiger partial charge on any atom is -0.445 e. The second kappa shape index (κ2) is 8.19. The zero-order chi connectivity index (χ0) is 20.4. The molecule has 2 unspecified atom stereocenters. The van der Waals surface area contributed by atoms with Crippen LogP contribution in [-0.2, 0) is 16.9 Å². The first-order valence-electron chi connectivity index (χ1n) is 10.8. The first-order chi connectivity index (χ1) is 14.0. The summed E-state index contributed by atoms with van der Waals surface area (Å²) in [4.78, 5) is 14.8. The number of benzene rings is 2. The summed E-state index contributed by atoms with van der Waals surface area (Å²) in [6.07, 6.45) is 3.84. The molecule has 2 aliphatic heterocycles. The number of hydrogen-bond donors (Lipinski definition) is 1. The Morgan fingerprint density at radius 2 is 1.69 bits per heavy atom. The first kappa shape index (κ1) is 20.0. The molecular formula is C25H31NO3. The van der Waals surface area contributed by atoms with Gasteiger partial charge in [-0.1, -0.05) is 68.4 Å². The smallest absolute Gasteiger partial charge is 0.410 e. The predicted octanol–water partition coefficient (Wildman–Crippen LogP) is 5.35. The van der Waals surface area contributed by atoms with Crippen LogP contribution in [0.2, 0.25) is 0 Å². The molecule has 0 radical (unpaired) electrons. The monoisotopic (exact) mass is 393 g/mol. The molecule has 2 aromatic carbocycles. The number of aliphatic hydroxyl groups is 1. The van der Waals surface area contributed by atoms with Gasteiger partial charge in [-0.2, -0.15) is 0 Å². The molecule has 0 spiro atoms. The van der Waals surface area contributed by atoms with E-state index in [0.29, 0.717) is 18.8 Å².